The van der Waals surface area contributed by atoms with Crippen LogP contribution in [-0.2, 0) is 4.74 Å². The van der Waals surface area contributed by atoms with Gasteiger partial charge in [0.05, 0.1) is 0 Å². The van der Waals surface area contributed by atoms with Gasteiger partial charge in [-0.05, 0) is 6.42 Å². The molecule has 0 aliphatic heterocycles. The topological polar surface area (TPSA) is 110 Å². The van der Waals surface area contributed by atoms with E-state index in [1.165, 1.54) is 0 Å². The summed E-state index contributed by atoms with van der Waals surface area (Å²) in [4.78, 5) is 0. The minimum atomic E-state index is -3.08. The van der Waals surface area contributed by atoms with Gasteiger partial charge in [0.2, 0.25) is 11.6 Å². The van der Waals surface area contributed by atoms with Crippen LogP contribution in [-0.4, -0.2) is 50.0 Å². The van der Waals surface area contributed by atoms with Gasteiger partial charge in [-0.1, -0.05) is 0 Å². The second-order valence-corrected chi connectivity index (χ2v) is 3.33. The fourth-order valence-corrected chi connectivity index (χ4v) is 1.48. The zero-order valence-corrected chi connectivity index (χ0v) is 7.27. The Morgan fingerprint density at radius 3 is 1.92 bits per heavy atom. The molecule has 1 aliphatic carbocycles. The second-order valence-electron chi connectivity index (χ2n) is 3.33. The molecule has 0 amide bonds. The molecule has 0 radical (unpaired) electrons. The molecule has 1 fully saturated rings. The first-order valence-electron chi connectivity index (χ1n) is 3.94. The summed E-state index contributed by atoms with van der Waals surface area (Å²) in [6.45, 7) is 0. The van der Waals surface area contributed by atoms with Crippen molar-refractivity contribution in [3.63, 3.8) is 0 Å². The van der Waals surface area contributed by atoms with E-state index in [0.29, 0.717) is 0 Å². The van der Waals surface area contributed by atoms with Crippen molar-refractivity contribution in [3.8, 4) is 0 Å². The van der Waals surface area contributed by atoms with E-state index >= 15 is 0 Å². The highest BCUT2D eigenvalue weighted by molar-refractivity contribution is 4.98. The Labute approximate surface area is 75.0 Å². The van der Waals surface area contributed by atoms with E-state index < -0.39 is 17.4 Å². The normalized spacial score (nSPS) is 37.4. The van der Waals surface area contributed by atoms with Gasteiger partial charge < -0.3 is 30.3 Å². The summed E-state index contributed by atoms with van der Waals surface area (Å²) >= 11 is 0. The van der Waals surface area contributed by atoms with Gasteiger partial charge >= 0.3 is 0 Å². The molecule has 0 aromatic carbocycles. The number of methoxy groups -OCH3 is 1. The molecule has 0 unspecified atom stereocenters. The third-order valence-electron chi connectivity index (χ3n) is 2.48. The number of ether oxygens (including phenoxy) is 1. The maximum atomic E-state index is 9.50. The van der Waals surface area contributed by atoms with E-state index in [4.69, 9.17) is 0 Å². The molecule has 0 heterocycles. The first kappa shape index (κ1) is 10.8. The minimum absolute atomic E-state index is 0.0701. The lowest BCUT2D eigenvalue weighted by molar-refractivity contribution is -0.470. The first-order chi connectivity index (χ1) is 5.77. The molecule has 0 aromatic heterocycles. The third kappa shape index (κ3) is 1.35. The molecule has 0 bridgehead atoms. The second kappa shape index (κ2) is 2.88. The predicted molar refractivity (Wildman–Crippen MR) is 40.1 cm³/mol. The quantitative estimate of drug-likeness (QED) is 0.305. The predicted octanol–water partition coefficient (Wildman–Crippen LogP) is -2.13. The standard InChI is InChI=1S/C7H14O6/c1-13-6(10)4-2-3-5(8,9)7(6,11)12/h8-12H,2-4H2,1H3/t6-/m0/s1. The van der Waals surface area contributed by atoms with Crippen LogP contribution in [0.15, 0.2) is 0 Å². The summed E-state index contributed by atoms with van der Waals surface area (Å²) < 4.78 is 4.47. The lowest BCUT2D eigenvalue weighted by atomic mass is 9.82. The van der Waals surface area contributed by atoms with E-state index in [2.05, 4.69) is 4.74 Å². The molecule has 6 heteroatoms. The zero-order valence-electron chi connectivity index (χ0n) is 7.27. The van der Waals surface area contributed by atoms with Crippen LogP contribution in [0.3, 0.4) is 0 Å². The molecule has 5 N–H and O–H groups in total. The van der Waals surface area contributed by atoms with Crippen LogP contribution in [0.5, 0.6) is 0 Å². The fourth-order valence-electron chi connectivity index (χ4n) is 1.48. The lowest BCUT2D eigenvalue weighted by Gasteiger charge is -2.48. The van der Waals surface area contributed by atoms with Crippen molar-refractivity contribution in [1.82, 2.24) is 0 Å². The van der Waals surface area contributed by atoms with Crippen molar-refractivity contribution in [1.29, 1.82) is 0 Å². The van der Waals surface area contributed by atoms with Gasteiger partial charge in [-0.2, -0.15) is 0 Å². The van der Waals surface area contributed by atoms with E-state index in [1.807, 2.05) is 0 Å². The van der Waals surface area contributed by atoms with Gasteiger partial charge in [-0.15, -0.1) is 0 Å². The summed E-state index contributed by atoms with van der Waals surface area (Å²) in [5.41, 5.74) is 0. The van der Waals surface area contributed by atoms with Crippen molar-refractivity contribution >= 4 is 0 Å². The van der Waals surface area contributed by atoms with Crippen molar-refractivity contribution in [2.45, 2.75) is 36.6 Å². The van der Waals surface area contributed by atoms with Crippen LogP contribution in [0.1, 0.15) is 19.3 Å². The van der Waals surface area contributed by atoms with Crippen molar-refractivity contribution in [2.24, 2.45) is 0 Å². The Kier molecular flexibility index (Phi) is 2.40. The van der Waals surface area contributed by atoms with Crippen molar-refractivity contribution in [2.75, 3.05) is 7.11 Å². The molecule has 0 spiro atoms. The molecule has 0 saturated heterocycles. The average Bonchev–Trinajstić information content (AvgIpc) is 2.01. The third-order valence-corrected chi connectivity index (χ3v) is 2.48. The molecule has 6 nitrogen and oxygen atoms in total. The van der Waals surface area contributed by atoms with Gasteiger partial charge in [0.1, 0.15) is 0 Å². The maximum Gasteiger partial charge on any atom is 0.274 e. The van der Waals surface area contributed by atoms with E-state index in [0.717, 1.165) is 7.11 Å². The number of aliphatic hydroxyl groups is 5. The van der Waals surface area contributed by atoms with E-state index in [1.54, 1.807) is 0 Å². The fraction of sp³-hybridized carbons (Fsp3) is 1.00. The number of hydrogen-bond acceptors (Lipinski definition) is 6. The highest BCUT2D eigenvalue weighted by Gasteiger charge is 2.64. The largest absolute Gasteiger partial charge is 0.361 e. The monoisotopic (exact) mass is 194 g/mol. The van der Waals surface area contributed by atoms with Crippen LogP contribution in [0, 0.1) is 0 Å². The molecule has 1 atom stereocenters. The van der Waals surface area contributed by atoms with Gasteiger partial charge in [0.25, 0.3) is 5.79 Å². The van der Waals surface area contributed by atoms with E-state index in [9.17, 15) is 25.5 Å². The Bertz CT molecular complexity index is 201. The summed E-state index contributed by atoms with van der Waals surface area (Å²) in [7, 11) is 1.06. The Morgan fingerprint density at radius 1 is 1.00 bits per heavy atom. The van der Waals surface area contributed by atoms with Gasteiger partial charge in [0, 0.05) is 20.0 Å². The van der Waals surface area contributed by atoms with E-state index in [-0.39, 0.29) is 19.3 Å². The highest BCUT2D eigenvalue weighted by atomic mass is 16.7. The van der Waals surface area contributed by atoms with Crippen LogP contribution in [0.4, 0.5) is 0 Å². The minimum Gasteiger partial charge on any atom is -0.361 e. The number of hydrogen-bond donors (Lipinski definition) is 5. The molecule has 1 saturated carbocycles. The Morgan fingerprint density at radius 2 is 1.54 bits per heavy atom. The lowest BCUT2D eigenvalue weighted by Crippen LogP contribution is -2.71. The molecule has 1 aliphatic rings. The van der Waals surface area contributed by atoms with Crippen LogP contribution < -0.4 is 0 Å². The number of rotatable bonds is 1. The van der Waals surface area contributed by atoms with Crippen molar-refractivity contribution in [3.05, 3.63) is 0 Å². The van der Waals surface area contributed by atoms with Crippen molar-refractivity contribution < 1.29 is 30.3 Å². The maximum absolute atomic E-state index is 9.50. The summed E-state index contributed by atoms with van der Waals surface area (Å²) in [5, 5.41) is 46.5. The van der Waals surface area contributed by atoms with Gasteiger partial charge in [0.15, 0.2) is 0 Å². The molecule has 0 aromatic rings. The average molecular weight is 194 g/mol. The van der Waals surface area contributed by atoms with Crippen LogP contribution in [0.2, 0.25) is 0 Å². The Hall–Kier alpha value is -0.240. The summed E-state index contributed by atoms with van der Waals surface area (Å²) in [5.74, 6) is -8.17. The smallest absolute Gasteiger partial charge is 0.274 e. The van der Waals surface area contributed by atoms with Gasteiger partial charge in [-0.3, -0.25) is 0 Å². The molecule has 13 heavy (non-hydrogen) atoms. The highest BCUT2D eigenvalue weighted by Crippen LogP contribution is 2.41. The molecule has 78 valence electrons. The molecular formula is C7H14O6. The first-order valence-corrected chi connectivity index (χ1v) is 3.94. The van der Waals surface area contributed by atoms with Crippen LogP contribution >= 0.6 is 0 Å². The SMILES string of the molecule is CO[C@@]1(O)CCCC(O)(O)C1(O)O. The van der Waals surface area contributed by atoms with Gasteiger partial charge in [-0.25, -0.2) is 0 Å². The Balaban J connectivity index is 3.01. The molecule has 1 rings (SSSR count). The van der Waals surface area contributed by atoms with Crippen LogP contribution in [0.25, 0.3) is 0 Å². The summed E-state index contributed by atoms with van der Waals surface area (Å²) in [6.07, 6.45) is -0.0781. The zero-order chi connectivity index (χ0) is 10.3. The summed E-state index contributed by atoms with van der Waals surface area (Å²) in [6, 6.07) is 0. The molecular weight excluding hydrogens is 180 g/mol.